The number of primary sulfonamides is 1. The van der Waals surface area contributed by atoms with E-state index < -0.39 is 21.4 Å². The summed E-state index contributed by atoms with van der Waals surface area (Å²) in [6.45, 7) is 10.1. The third kappa shape index (κ3) is 6.27. The van der Waals surface area contributed by atoms with Crippen LogP contribution in [-0.2, 0) is 19.5 Å². The SMILES string of the molecule is C=N/C(=C\N=C(C)[C@@H](OC(C)C)[C@@H](C)S(N)(=O)=O)OC. The maximum atomic E-state index is 11.5. The van der Waals surface area contributed by atoms with E-state index in [1.54, 1.807) is 20.8 Å². The standard InChI is InChI=1S/C12H23N3O4S/c1-8(2)19-12(10(4)20(13,16)17)9(3)15-7-11(14-5)18-6/h7-8,10,12H,5H2,1-4,6H3,(H2,13,16,17)/b11-7+,15-9?/t10-,12-/m1/s1. The van der Waals surface area contributed by atoms with Gasteiger partial charge in [-0.3, -0.25) is 4.99 Å². The molecular formula is C12H23N3O4S. The zero-order valence-electron chi connectivity index (χ0n) is 12.5. The average Bonchev–Trinajstić information content (AvgIpc) is 2.34. The number of methoxy groups -OCH3 is 1. The molecule has 0 aliphatic carbocycles. The minimum absolute atomic E-state index is 0.169. The van der Waals surface area contributed by atoms with E-state index in [1.165, 1.54) is 20.2 Å². The van der Waals surface area contributed by atoms with E-state index in [0.717, 1.165) is 0 Å². The number of hydrogen-bond donors (Lipinski definition) is 1. The summed E-state index contributed by atoms with van der Waals surface area (Å²) in [5.74, 6) is 0.218. The lowest BCUT2D eigenvalue weighted by atomic mass is 10.2. The number of sulfonamides is 1. The van der Waals surface area contributed by atoms with Crippen molar-refractivity contribution in [2.24, 2.45) is 15.1 Å². The van der Waals surface area contributed by atoms with Gasteiger partial charge in [-0.05, 0) is 34.4 Å². The zero-order chi connectivity index (χ0) is 15.9. The first-order valence-electron chi connectivity index (χ1n) is 6.05. The highest BCUT2D eigenvalue weighted by Gasteiger charge is 2.30. The predicted molar refractivity (Wildman–Crippen MR) is 80.3 cm³/mol. The van der Waals surface area contributed by atoms with Crippen molar-refractivity contribution in [2.75, 3.05) is 7.11 Å². The van der Waals surface area contributed by atoms with Crippen molar-refractivity contribution in [3.05, 3.63) is 12.1 Å². The van der Waals surface area contributed by atoms with Crippen LogP contribution in [0.5, 0.6) is 0 Å². The van der Waals surface area contributed by atoms with E-state index in [0.29, 0.717) is 5.71 Å². The lowest BCUT2D eigenvalue weighted by molar-refractivity contribution is 0.0461. The van der Waals surface area contributed by atoms with Gasteiger partial charge < -0.3 is 9.47 Å². The van der Waals surface area contributed by atoms with Crippen molar-refractivity contribution >= 4 is 22.5 Å². The molecule has 2 N–H and O–H groups in total. The zero-order valence-corrected chi connectivity index (χ0v) is 13.3. The van der Waals surface area contributed by atoms with E-state index in [9.17, 15) is 8.42 Å². The Morgan fingerprint density at radius 3 is 2.25 bits per heavy atom. The molecule has 0 amide bonds. The maximum absolute atomic E-state index is 11.5. The quantitative estimate of drug-likeness (QED) is 0.535. The molecule has 0 saturated heterocycles. The van der Waals surface area contributed by atoms with Crippen LogP contribution in [0.4, 0.5) is 0 Å². The average molecular weight is 305 g/mol. The molecule has 0 aromatic rings. The van der Waals surface area contributed by atoms with Crippen LogP contribution in [0.3, 0.4) is 0 Å². The molecule has 2 atom stereocenters. The van der Waals surface area contributed by atoms with Crippen LogP contribution < -0.4 is 5.14 Å². The van der Waals surface area contributed by atoms with Gasteiger partial charge in [0.05, 0.1) is 19.4 Å². The van der Waals surface area contributed by atoms with Gasteiger partial charge in [-0.2, -0.15) is 0 Å². The molecule has 8 heteroatoms. The summed E-state index contributed by atoms with van der Waals surface area (Å²) < 4.78 is 33.4. The Hall–Kier alpha value is -1.25. The number of rotatable bonds is 8. The van der Waals surface area contributed by atoms with E-state index >= 15 is 0 Å². The fourth-order valence-corrected chi connectivity index (χ4v) is 2.01. The number of ether oxygens (including phenoxy) is 2. The number of hydrogen-bond acceptors (Lipinski definition) is 6. The fraction of sp³-hybridized carbons (Fsp3) is 0.667. The number of nitrogens with zero attached hydrogens (tertiary/aromatic N) is 2. The van der Waals surface area contributed by atoms with E-state index in [1.807, 2.05) is 0 Å². The third-order valence-corrected chi connectivity index (χ3v) is 3.80. The van der Waals surface area contributed by atoms with Crippen molar-refractivity contribution < 1.29 is 17.9 Å². The summed E-state index contributed by atoms with van der Waals surface area (Å²) in [6, 6.07) is 0. The summed E-state index contributed by atoms with van der Waals surface area (Å²) >= 11 is 0. The second-order valence-electron chi connectivity index (χ2n) is 4.50. The lowest BCUT2D eigenvalue weighted by Gasteiger charge is -2.24. The van der Waals surface area contributed by atoms with Gasteiger partial charge in [-0.15, -0.1) is 0 Å². The van der Waals surface area contributed by atoms with Gasteiger partial charge in [0.2, 0.25) is 15.9 Å². The first-order valence-corrected chi connectivity index (χ1v) is 7.66. The van der Waals surface area contributed by atoms with Crippen LogP contribution in [0, 0.1) is 0 Å². The Morgan fingerprint density at radius 2 is 1.90 bits per heavy atom. The molecular weight excluding hydrogens is 282 g/mol. The summed E-state index contributed by atoms with van der Waals surface area (Å²) in [5.41, 5.74) is 0.457. The van der Waals surface area contributed by atoms with Gasteiger partial charge >= 0.3 is 0 Å². The number of aliphatic imine (C=N–C) groups is 2. The lowest BCUT2D eigenvalue weighted by Crippen LogP contribution is -2.43. The molecule has 20 heavy (non-hydrogen) atoms. The Labute approximate surface area is 120 Å². The minimum Gasteiger partial charge on any atom is -0.480 e. The van der Waals surface area contributed by atoms with E-state index in [4.69, 9.17) is 14.6 Å². The summed E-state index contributed by atoms with van der Waals surface area (Å²) in [4.78, 5) is 7.70. The molecule has 0 aromatic carbocycles. The van der Waals surface area contributed by atoms with Gasteiger partial charge in [-0.25, -0.2) is 18.5 Å². The smallest absolute Gasteiger partial charge is 0.231 e. The van der Waals surface area contributed by atoms with Crippen molar-refractivity contribution in [2.45, 2.75) is 45.2 Å². The fourth-order valence-electron chi connectivity index (χ4n) is 1.40. The number of nitrogens with two attached hydrogens (primary N) is 1. The van der Waals surface area contributed by atoms with Crippen LogP contribution >= 0.6 is 0 Å². The van der Waals surface area contributed by atoms with Gasteiger partial charge in [0, 0.05) is 5.71 Å². The predicted octanol–water partition coefficient (Wildman–Crippen LogP) is 1.06. The largest absolute Gasteiger partial charge is 0.480 e. The summed E-state index contributed by atoms with van der Waals surface area (Å²) in [5, 5.41) is 4.26. The molecule has 0 spiro atoms. The molecule has 116 valence electrons. The van der Waals surface area contributed by atoms with Crippen LogP contribution in [0.1, 0.15) is 27.7 Å². The van der Waals surface area contributed by atoms with Crippen molar-refractivity contribution in [1.82, 2.24) is 0 Å². The van der Waals surface area contributed by atoms with Crippen LogP contribution in [-0.4, -0.2) is 45.4 Å². The van der Waals surface area contributed by atoms with Gasteiger partial charge in [0.25, 0.3) is 0 Å². The molecule has 0 radical (unpaired) electrons. The highest BCUT2D eigenvalue weighted by Crippen LogP contribution is 2.12. The first kappa shape index (κ1) is 18.8. The second-order valence-corrected chi connectivity index (χ2v) is 6.42. The van der Waals surface area contributed by atoms with Crippen molar-refractivity contribution in [1.29, 1.82) is 0 Å². The Kier molecular flexibility index (Phi) is 7.62. The molecule has 7 nitrogen and oxygen atoms in total. The Bertz CT molecular complexity index is 483. The van der Waals surface area contributed by atoms with Crippen molar-refractivity contribution in [3.63, 3.8) is 0 Å². The third-order valence-electron chi connectivity index (χ3n) is 2.52. The van der Waals surface area contributed by atoms with Crippen molar-refractivity contribution in [3.8, 4) is 0 Å². The van der Waals surface area contributed by atoms with Gasteiger partial charge in [-0.1, -0.05) is 0 Å². The highest BCUT2D eigenvalue weighted by molar-refractivity contribution is 7.89. The highest BCUT2D eigenvalue weighted by atomic mass is 32.2. The normalized spacial score (nSPS) is 16.9. The van der Waals surface area contributed by atoms with Gasteiger partial charge in [0.15, 0.2) is 0 Å². The van der Waals surface area contributed by atoms with E-state index in [2.05, 4.69) is 16.7 Å². The molecule has 0 unspecified atom stereocenters. The molecule has 0 aliphatic rings. The molecule has 0 heterocycles. The topological polar surface area (TPSA) is 103 Å². The molecule has 0 rings (SSSR count). The Balaban J connectivity index is 5.38. The van der Waals surface area contributed by atoms with Crippen LogP contribution in [0.2, 0.25) is 0 Å². The van der Waals surface area contributed by atoms with Crippen LogP contribution in [0.15, 0.2) is 22.1 Å². The minimum atomic E-state index is -3.74. The maximum Gasteiger partial charge on any atom is 0.231 e. The summed E-state index contributed by atoms with van der Waals surface area (Å²) in [7, 11) is -2.30. The molecule has 0 bridgehead atoms. The second kappa shape index (κ2) is 8.13. The van der Waals surface area contributed by atoms with Gasteiger partial charge in [0.1, 0.15) is 11.4 Å². The molecule has 0 aromatic heterocycles. The molecule has 0 fully saturated rings. The van der Waals surface area contributed by atoms with E-state index in [-0.39, 0.29) is 12.0 Å². The monoisotopic (exact) mass is 305 g/mol. The summed E-state index contributed by atoms with van der Waals surface area (Å²) in [6.07, 6.45) is 0.427. The molecule has 0 aliphatic heterocycles. The Morgan fingerprint density at radius 1 is 1.35 bits per heavy atom. The van der Waals surface area contributed by atoms with Crippen LogP contribution in [0.25, 0.3) is 0 Å². The molecule has 0 saturated carbocycles. The first-order chi connectivity index (χ1) is 9.13.